The molecule has 3 aliphatic heterocycles. The molecule has 4 fully saturated rings. The van der Waals surface area contributed by atoms with Crippen molar-refractivity contribution in [1.29, 1.82) is 0 Å². The fraction of sp³-hybridized carbons (Fsp3) is 0.444. The van der Waals surface area contributed by atoms with Crippen molar-refractivity contribution in [2.75, 3.05) is 20.3 Å². The Morgan fingerprint density at radius 1 is 0.611 bits per heavy atom. The molecule has 5 heterocycles. The molecule has 0 amide bonds. The molecule has 3 saturated heterocycles. The van der Waals surface area contributed by atoms with E-state index in [2.05, 4.69) is 5.73 Å². The third-order valence-electron chi connectivity index (χ3n) is 15.6. The van der Waals surface area contributed by atoms with Crippen molar-refractivity contribution in [2.24, 2.45) is 17.2 Å². The zero-order valence-corrected chi connectivity index (χ0v) is 53.2. The molecule has 1 saturated carbocycles. The summed E-state index contributed by atoms with van der Waals surface area (Å²) in [5.74, 6) is -0.150. The van der Waals surface area contributed by atoms with E-state index in [1.165, 1.54) is 42.7 Å². The Hall–Kier alpha value is -5.22. The summed E-state index contributed by atoms with van der Waals surface area (Å²) in [6.45, 7) is -1.83. The first-order valence-corrected chi connectivity index (χ1v) is 34.1. The molecule has 2 aromatic heterocycles. The number of nitrogens with zero attached hydrogens (tertiary/aromatic N) is 2. The third-order valence-corrected chi connectivity index (χ3v) is 18.5. The first-order chi connectivity index (χ1) is 43.9. The molecule has 41 heteroatoms. The summed E-state index contributed by atoms with van der Waals surface area (Å²) >= 11 is 1.48. The van der Waals surface area contributed by atoms with Gasteiger partial charge in [0.2, 0.25) is 28.1 Å². The van der Waals surface area contributed by atoms with Crippen molar-refractivity contribution in [3.8, 4) is 50.0 Å². The Morgan fingerprint density at radius 2 is 1.12 bits per heavy atom. The highest BCUT2D eigenvalue weighted by Gasteiger charge is 2.55. The molecule has 10 rings (SSSR count). The van der Waals surface area contributed by atoms with Crippen LogP contribution in [0.4, 0.5) is 0 Å². The molecule has 0 radical (unpaired) electrons. The van der Waals surface area contributed by atoms with E-state index in [9.17, 15) is 66.8 Å². The van der Waals surface area contributed by atoms with E-state index in [4.69, 9.17) is 91.5 Å². The van der Waals surface area contributed by atoms with Gasteiger partial charge in [-0.15, -0.1) is 21.6 Å². The zero-order chi connectivity index (χ0) is 69.3. The van der Waals surface area contributed by atoms with Crippen molar-refractivity contribution >= 4 is 52.2 Å². The van der Waals surface area contributed by atoms with Crippen molar-refractivity contribution in [2.45, 2.75) is 139 Å². The van der Waals surface area contributed by atoms with Crippen LogP contribution in [0.25, 0.3) is 54.4 Å². The topological polar surface area (TPSA) is 659 Å². The molecule has 4 aromatic carbocycles. The maximum Gasteiger partial charge on any atom is 0.298 e. The van der Waals surface area contributed by atoms with Crippen LogP contribution in [0.15, 0.2) is 113 Å². The summed E-state index contributed by atoms with van der Waals surface area (Å²) in [6, 6.07) is 22.8. The number of ether oxygens (including phenoxy) is 7. The van der Waals surface area contributed by atoms with Gasteiger partial charge in [-0.3, -0.25) is 13.7 Å². The Morgan fingerprint density at radius 3 is 1.66 bits per heavy atom. The molecule has 19 atom stereocenters. The number of benzene rings is 4. The molecule has 0 bridgehead atoms. The molecular formula is C54H69ClN6O30S4. The Kier molecular flexibility index (Phi) is 25.4. The molecule has 95 heavy (non-hydrogen) atoms. The maximum atomic E-state index is 12.7. The molecule has 22 N–H and O–H groups in total. The number of halogens is 1. The summed E-state index contributed by atoms with van der Waals surface area (Å²) in [5.41, 5.74) is 26.8. The van der Waals surface area contributed by atoms with Gasteiger partial charge in [0.25, 0.3) is 20.2 Å². The van der Waals surface area contributed by atoms with Crippen molar-refractivity contribution in [3.05, 3.63) is 103 Å². The minimum Gasteiger partial charge on any atom is -0.726 e. The van der Waals surface area contributed by atoms with Crippen LogP contribution < -0.4 is 50.9 Å². The molecule has 526 valence electrons. The normalized spacial score (nSPS) is 30.5. The lowest BCUT2D eigenvalue weighted by molar-refractivity contribution is -2.00. The number of hydrogen-bond donors (Lipinski definition) is 15. The third kappa shape index (κ3) is 18.8. The lowest BCUT2D eigenvalue weighted by Crippen LogP contribution is -2.79. The van der Waals surface area contributed by atoms with Crippen LogP contribution >= 0.6 is 11.3 Å². The standard InChI is InChI=1S/C54H64N6O21S3.ClHO4.H2O4S.H2O/c1-75-34-15-12-26(18-39(34)84(72,73)74)27-16-32(23-6-8-25(9-7-23)51-59-31-4-2-3-5-38(31)82-51)60(33(17-27)24-10-13-28(14-11-24)83(69,70)71)20-35-44(65)45(66)41(58)52(76-35)79-48-30(56)19-29(55)42(63)50(48)81-54-47(68)49(37(22-62)78-54)80-53-46(67)40(57)43(64)36(21-61)77-53;2-1(3,4)5;1-5(2,3)4;/h2-18,29-30,35-37,40-50,52-54,61-68H,19-22,55-58H2,1H3,(H-,69,70,71,72,73,74);(H,2,3,4,5);(H2,1,2,3,4);1H2. The second-order valence-corrected chi connectivity index (χ2v) is 27.3. The van der Waals surface area contributed by atoms with Gasteiger partial charge in [0, 0.05) is 40.9 Å². The second-order valence-electron chi connectivity index (χ2n) is 21.9. The van der Waals surface area contributed by atoms with Gasteiger partial charge in [-0.2, -0.15) is 21.4 Å². The smallest absolute Gasteiger partial charge is 0.298 e. The number of fused-ring (bicyclic) bond motifs is 1. The molecule has 1 aliphatic carbocycles. The van der Waals surface area contributed by atoms with E-state index in [1.807, 2.05) is 36.4 Å². The van der Waals surface area contributed by atoms with E-state index >= 15 is 0 Å². The first kappa shape index (κ1) is 77.1. The summed E-state index contributed by atoms with van der Waals surface area (Å²) < 4.78 is 182. The van der Waals surface area contributed by atoms with Gasteiger partial charge in [0.15, 0.2) is 25.2 Å². The van der Waals surface area contributed by atoms with Gasteiger partial charge in [0.05, 0.1) is 47.6 Å². The quantitative estimate of drug-likeness (QED) is 0.0229. The van der Waals surface area contributed by atoms with E-state index in [0.29, 0.717) is 22.4 Å². The van der Waals surface area contributed by atoms with Crippen molar-refractivity contribution in [1.82, 2.24) is 4.98 Å². The van der Waals surface area contributed by atoms with Gasteiger partial charge in [-0.05, 0) is 78.2 Å². The second kappa shape index (κ2) is 31.3. The van der Waals surface area contributed by atoms with Gasteiger partial charge in [-0.25, -0.2) is 32.0 Å². The van der Waals surface area contributed by atoms with Crippen LogP contribution in [0.2, 0.25) is 0 Å². The Labute approximate surface area is 546 Å². The SMILES string of the molecule is COc1ccc(-c2cc(-c3ccc(-c4nc5ccccc5s4)cc3)[n+](CC3OC(OC4C(N)CC(N)C(O)C4OC4OC(CO)C(OC5OC(CO)C(O)C(N)C5O)C4O)C([NH3+])C(O)C3O)c(-c3ccc(S(=O)(=O)O)cc3)c2)cc1S(=O)(=O)O.O.O=S(=O)([O-])O.[O-][Cl+3]([O-])([O-])[O-]. The van der Waals surface area contributed by atoms with Gasteiger partial charge >= 0.3 is 0 Å². The van der Waals surface area contributed by atoms with Gasteiger partial charge in [-0.1, -0.05) is 30.3 Å². The van der Waals surface area contributed by atoms with Crippen LogP contribution in [-0.2, 0) is 65.6 Å². The van der Waals surface area contributed by atoms with Crippen LogP contribution in [-0.4, -0.2) is 231 Å². The average molecular weight is 1450 g/mol. The Bertz CT molecular complexity index is 3870. The monoisotopic (exact) mass is 1440 g/mol. The first-order valence-electron chi connectivity index (χ1n) is 27.8. The number of aliphatic hydroxyl groups is 8. The lowest BCUT2D eigenvalue weighted by Gasteiger charge is -2.46. The van der Waals surface area contributed by atoms with E-state index < -0.39 is 180 Å². The number of hydrogen-bond acceptors (Lipinski definition) is 31. The number of aliphatic hydroxyl groups excluding tert-OH is 8. The molecule has 36 nitrogen and oxygen atoms in total. The highest BCUT2D eigenvalue weighted by molar-refractivity contribution is 7.86. The van der Waals surface area contributed by atoms with Crippen molar-refractivity contribution < 1.29 is 162 Å². The number of nitrogens with two attached hydrogens (primary N) is 3. The predicted octanol–water partition coefficient (Wildman–Crippen LogP) is -9.35. The summed E-state index contributed by atoms with van der Waals surface area (Å²) in [4.78, 5) is 3.82. The minimum absolute atomic E-state index is 0. The molecular weight excluding hydrogens is 1380 g/mol. The maximum absolute atomic E-state index is 12.7. The lowest BCUT2D eigenvalue weighted by atomic mass is 9.84. The number of methoxy groups -OCH3 is 1. The number of para-hydroxylation sites is 1. The summed E-state index contributed by atoms with van der Waals surface area (Å²) in [7, 11) is -18.2. The summed E-state index contributed by atoms with van der Waals surface area (Å²) in [6.07, 6.45) is -23.5. The Balaban J connectivity index is 0.00000108. The van der Waals surface area contributed by atoms with Crippen molar-refractivity contribution in [3.63, 3.8) is 0 Å². The fourth-order valence-corrected chi connectivity index (χ4v) is 13.1. The van der Waals surface area contributed by atoms with Crippen LogP contribution in [0.1, 0.15) is 6.42 Å². The summed E-state index contributed by atoms with van der Waals surface area (Å²) in [5, 5.41) is 89.2. The van der Waals surface area contributed by atoms with Gasteiger partial charge < -0.3 is 107 Å². The minimum atomic E-state index is -4.94. The number of aromatic nitrogens is 2. The number of quaternary nitrogens is 1. The number of pyridine rings is 1. The predicted molar refractivity (Wildman–Crippen MR) is 310 cm³/mol. The average Bonchev–Trinajstić information content (AvgIpc) is 0.821. The van der Waals surface area contributed by atoms with E-state index in [1.54, 1.807) is 34.9 Å². The highest BCUT2D eigenvalue weighted by atomic mass is 35.7. The van der Waals surface area contributed by atoms with Crippen LogP contribution in [0.3, 0.4) is 0 Å². The van der Waals surface area contributed by atoms with E-state index in [-0.39, 0.29) is 35.4 Å². The zero-order valence-electron chi connectivity index (χ0n) is 49.2. The fourth-order valence-electron chi connectivity index (χ4n) is 11.0. The van der Waals surface area contributed by atoms with E-state index in [0.717, 1.165) is 32.9 Å². The number of rotatable bonds is 17. The molecule has 0 spiro atoms. The van der Waals surface area contributed by atoms with Crippen LogP contribution in [0, 0.1) is 10.2 Å². The molecule has 4 aliphatic rings. The molecule has 19 unspecified atom stereocenters. The highest BCUT2D eigenvalue weighted by Crippen LogP contribution is 2.39. The van der Waals surface area contributed by atoms with Crippen LogP contribution in [0.5, 0.6) is 5.75 Å². The molecule has 6 aromatic rings. The number of thiazole rings is 1. The van der Waals surface area contributed by atoms with Gasteiger partial charge in [0.1, 0.15) is 82.8 Å². The largest absolute Gasteiger partial charge is 0.726 e.